The Morgan fingerprint density at radius 3 is 2.93 bits per heavy atom. The van der Waals surface area contributed by atoms with Gasteiger partial charge >= 0.3 is 0 Å². The van der Waals surface area contributed by atoms with Crippen molar-refractivity contribution in [2.24, 2.45) is 0 Å². The van der Waals surface area contributed by atoms with E-state index >= 15 is 0 Å². The average molecular weight is 209 g/mol. The number of nitrogens with zero attached hydrogens (tertiary/aromatic N) is 2. The van der Waals surface area contributed by atoms with Gasteiger partial charge in [-0.25, -0.2) is 4.98 Å². The molecule has 15 heavy (non-hydrogen) atoms. The molecule has 0 fully saturated rings. The van der Waals surface area contributed by atoms with Crippen molar-refractivity contribution >= 4 is 0 Å². The zero-order chi connectivity index (χ0) is 10.9. The molecule has 0 aliphatic heterocycles. The van der Waals surface area contributed by atoms with Crippen LogP contribution in [0.3, 0.4) is 0 Å². The maximum atomic E-state index is 4.37. The van der Waals surface area contributed by atoms with Crippen LogP contribution in [0.1, 0.15) is 38.9 Å². The summed E-state index contributed by atoms with van der Waals surface area (Å²) in [5.74, 6) is 1.24. The summed E-state index contributed by atoms with van der Waals surface area (Å²) in [7, 11) is 0. The molecule has 0 aliphatic carbocycles. The van der Waals surface area contributed by atoms with Crippen molar-refractivity contribution in [2.45, 2.75) is 46.1 Å². The molecule has 0 spiro atoms. The van der Waals surface area contributed by atoms with Crippen molar-refractivity contribution in [1.82, 2.24) is 14.9 Å². The number of aryl methyl sites for hydroxylation is 2. The second kappa shape index (κ2) is 7.46. The minimum absolute atomic E-state index is 1.08. The van der Waals surface area contributed by atoms with Crippen LogP contribution in [0.2, 0.25) is 0 Å². The Kier molecular flexibility index (Phi) is 6.09. The van der Waals surface area contributed by atoms with E-state index < -0.39 is 0 Å². The molecule has 1 aromatic heterocycles. The summed E-state index contributed by atoms with van der Waals surface area (Å²) in [5, 5.41) is 3.34. The average Bonchev–Trinajstić information content (AvgIpc) is 2.66. The van der Waals surface area contributed by atoms with E-state index in [9.17, 15) is 0 Å². The molecule has 0 unspecified atom stereocenters. The van der Waals surface area contributed by atoms with Gasteiger partial charge in [0, 0.05) is 25.4 Å². The summed E-state index contributed by atoms with van der Waals surface area (Å²) in [6, 6.07) is 0. The van der Waals surface area contributed by atoms with E-state index in [1.165, 1.54) is 25.1 Å². The first-order chi connectivity index (χ1) is 7.38. The highest BCUT2D eigenvalue weighted by atomic mass is 15.1. The van der Waals surface area contributed by atoms with Crippen molar-refractivity contribution in [3.05, 3.63) is 18.2 Å². The summed E-state index contributed by atoms with van der Waals surface area (Å²) in [5.41, 5.74) is 0. The number of unbranched alkanes of at least 4 members (excludes halogenated alkanes) is 1. The fourth-order valence-corrected chi connectivity index (χ4v) is 1.70. The number of hydrogen-bond acceptors (Lipinski definition) is 2. The number of rotatable bonds is 8. The van der Waals surface area contributed by atoms with Crippen LogP contribution in [0.25, 0.3) is 0 Å². The molecule has 1 heterocycles. The lowest BCUT2D eigenvalue weighted by Crippen LogP contribution is -2.14. The quantitative estimate of drug-likeness (QED) is 0.665. The van der Waals surface area contributed by atoms with Gasteiger partial charge in [-0.05, 0) is 32.4 Å². The van der Waals surface area contributed by atoms with Gasteiger partial charge in [0.15, 0.2) is 0 Å². The van der Waals surface area contributed by atoms with Crippen LogP contribution >= 0.6 is 0 Å². The molecule has 0 bridgehead atoms. The lowest BCUT2D eigenvalue weighted by Gasteiger charge is -2.07. The first kappa shape index (κ1) is 12.2. The summed E-state index contributed by atoms with van der Waals surface area (Å²) >= 11 is 0. The van der Waals surface area contributed by atoms with Crippen LogP contribution < -0.4 is 5.32 Å². The van der Waals surface area contributed by atoms with Gasteiger partial charge in [-0.1, -0.05) is 13.8 Å². The van der Waals surface area contributed by atoms with Crippen LogP contribution in [-0.2, 0) is 13.0 Å². The van der Waals surface area contributed by atoms with Crippen LogP contribution in [-0.4, -0.2) is 22.6 Å². The number of nitrogens with one attached hydrogen (secondary N) is 1. The summed E-state index contributed by atoms with van der Waals surface area (Å²) in [6.45, 7) is 7.67. The molecule has 86 valence electrons. The van der Waals surface area contributed by atoms with Gasteiger partial charge in [0.05, 0.1) is 0 Å². The molecule has 3 nitrogen and oxygen atoms in total. The van der Waals surface area contributed by atoms with Crippen molar-refractivity contribution < 1.29 is 0 Å². The fourth-order valence-electron chi connectivity index (χ4n) is 1.70. The Bertz CT molecular complexity index is 255. The lowest BCUT2D eigenvalue weighted by atomic mass is 10.3. The van der Waals surface area contributed by atoms with Crippen LogP contribution in [0.5, 0.6) is 0 Å². The maximum absolute atomic E-state index is 4.37. The standard InChI is InChI=1S/C12H23N3/c1-3-7-12-14-9-11-15(12)10-6-5-8-13-4-2/h9,11,13H,3-8,10H2,1-2H3. The highest BCUT2D eigenvalue weighted by Gasteiger charge is 2.00. The first-order valence-corrected chi connectivity index (χ1v) is 6.09. The van der Waals surface area contributed by atoms with E-state index in [0.29, 0.717) is 0 Å². The zero-order valence-electron chi connectivity index (χ0n) is 10.00. The highest BCUT2D eigenvalue weighted by molar-refractivity contribution is 4.92. The molecule has 0 aromatic carbocycles. The minimum atomic E-state index is 1.08. The monoisotopic (exact) mass is 209 g/mol. The third kappa shape index (κ3) is 4.47. The largest absolute Gasteiger partial charge is 0.335 e. The minimum Gasteiger partial charge on any atom is -0.335 e. The highest BCUT2D eigenvalue weighted by Crippen LogP contribution is 2.03. The summed E-state index contributed by atoms with van der Waals surface area (Å²) in [4.78, 5) is 4.37. The lowest BCUT2D eigenvalue weighted by molar-refractivity contribution is 0.559. The van der Waals surface area contributed by atoms with E-state index in [1.807, 2.05) is 6.20 Å². The molecule has 1 aromatic rings. The predicted octanol–water partition coefficient (Wildman–Crippen LogP) is 2.23. The normalized spacial score (nSPS) is 10.8. The molecule has 3 heteroatoms. The Morgan fingerprint density at radius 1 is 1.33 bits per heavy atom. The molecule has 0 atom stereocenters. The molecule has 0 saturated carbocycles. The van der Waals surface area contributed by atoms with Crippen molar-refractivity contribution in [3.8, 4) is 0 Å². The fraction of sp³-hybridized carbons (Fsp3) is 0.750. The summed E-state index contributed by atoms with van der Waals surface area (Å²) < 4.78 is 2.29. The van der Waals surface area contributed by atoms with E-state index in [4.69, 9.17) is 0 Å². The van der Waals surface area contributed by atoms with Gasteiger partial charge in [-0.3, -0.25) is 0 Å². The van der Waals surface area contributed by atoms with E-state index in [2.05, 4.69) is 34.9 Å². The van der Waals surface area contributed by atoms with Crippen molar-refractivity contribution in [2.75, 3.05) is 13.1 Å². The molecule has 0 radical (unpaired) electrons. The van der Waals surface area contributed by atoms with Gasteiger partial charge < -0.3 is 9.88 Å². The van der Waals surface area contributed by atoms with Gasteiger partial charge in [-0.2, -0.15) is 0 Å². The van der Waals surface area contributed by atoms with Crippen molar-refractivity contribution in [3.63, 3.8) is 0 Å². The second-order valence-corrected chi connectivity index (χ2v) is 3.85. The summed E-state index contributed by atoms with van der Waals surface area (Å²) in [6.07, 6.45) is 8.76. The number of aromatic nitrogens is 2. The maximum Gasteiger partial charge on any atom is 0.108 e. The van der Waals surface area contributed by atoms with E-state index in [1.54, 1.807) is 0 Å². The molecule has 0 aliphatic rings. The van der Waals surface area contributed by atoms with Crippen LogP contribution in [0, 0.1) is 0 Å². The Morgan fingerprint density at radius 2 is 2.20 bits per heavy atom. The van der Waals surface area contributed by atoms with Gasteiger partial charge in [-0.15, -0.1) is 0 Å². The smallest absolute Gasteiger partial charge is 0.108 e. The third-order valence-electron chi connectivity index (χ3n) is 2.53. The Hall–Kier alpha value is -0.830. The molecule has 0 saturated heterocycles. The first-order valence-electron chi connectivity index (χ1n) is 6.09. The molecular formula is C12H23N3. The van der Waals surface area contributed by atoms with Crippen LogP contribution in [0.4, 0.5) is 0 Å². The number of imidazole rings is 1. The molecule has 0 amide bonds. The zero-order valence-corrected chi connectivity index (χ0v) is 10.00. The van der Waals surface area contributed by atoms with Gasteiger partial charge in [0.25, 0.3) is 0 Å². The molecule has 1 rings (SSSR count). The van der Waals surface area contributed by atoms with Gasteiger partial charge in [0.1, 0.15) is 5.82 Å². The molecular weight excluding hydrogens is 186 g/mol. The Balaban J connectivity index is 2.21. The third-order valence-corrected chi connectivity index (χ3v) is 2.53. The molecule has 1 N–H and O–H groups in total. The van der Waals surface area contributed by atoms with Crippen LogP contribution in [0.15, 0.2) is 12.4 Å². The van der Waals surface area contributed by atoms with E-state index in [0.717, 1.165) is 26.1 Å². The van der Waals surface area contributed by atoms with Crippen molar-refractivity contribution in [1.29, 1.82) is 0 Å². The topological polar surface area (TPSA) is 29.9 Å². The predicted molar refractivity (Wildman–Crippen MR) is 64.0 cm³/mol. The number of hydrogen-bond donors (Lipinski definition) is 1. The Labute approximate surface area is 92.9 Å². The second-order valence-electron chi connectivity index (χ2n) is 3.85. The van der Waals surface area contributed by atoms with Gasteiger partial charge in [0.2, 0.25) is 0 Å². The SMILES string of the molecule is CCCc1nccn1CCCCNCC. The van der Waals surface area contributed by atoms with E-state index in [-0.39, 0.29) is 0 Å².